The smallest absolute Gasteiger partial charge is 0.317 e. The standard InChI is InChI=1S/C12H25N3O/c1-4-14(3)12(16)13-10-11(2)15-8-6-5-7-9-15/h11H,4-10H2,1-3H3,(H,13,16). The van der Waals surface area contributed by atoms with Crippen LogP contribution in [0.4, 0.5) is 4.79 Å². The fourth-order valence-electron chi connectivity index (χ4n) is 2.00. The number of nitrogens with one attached hydrogen (secondary N) is 1. The zero-order valence-corrected chi connectivity index (χ0v) is 10.8. The van der Waals surface area contributed by atoms with Crippen LogP contribution in [0.5, 0.6) is 0 Å². The Morgan fingerprint density at radius 2 is 2.00 bits per heavy atom. The number of hydrogen-bond donors (Lipinski definition) is 1. The van der Waals surface area contributed by atoms with Gasteiger partial charge in [0.25, 0.3) is 0 Å². The number of rotatable bonds is 4. The first kappa shape index (κ1) is 13.3. The maximum atomic E-state index is 11.6. The SMILES string of the molecule is CCN(C)C(=O)NCC(C)N1CCCCC1. The molecular formula is C12H25N3O. The summed E-state index contributed by atoms with van der Waals surface area (Å²) >= 11 is 0. The van der Waals surface area contributed by atoms with Crippen LogP contribution in [0.1, 0.15) is 33.1 Å². The summed E-state index contributed by atoms with van der Waals surface area (Å²) in [4.78, 5) is 15.7. The second-order valence-electron chi connectivity index (χ2n) is 4.65. The quantitative estimate of drug-likeness (QED) is 0.790. The molecule has 1 saturated heterocycles. The van der Waals surface area contributed by atoms with Crippen molar-refractivity contribution in [2.24, 2.45) is 0 Å². The first-order valence-corrected chi connectivity index (χ1v) is 6.38. The molecule has 16 heavy (non-hydrogen) atoms. The van der Waals surface area contributed by atoms with E-state index in [-0.39, 0.29) is 6.03 Å². The van der Waals surface area contributed by atoms with Crippen LogP contribution in [-0.2, 0) is 0 Å². The summed E-state index contributed by atoms with van der Waals surface area (Å²) in [7, 11) is 1.82. The van der Waals surface area contributed by atoms with E-state index in [1.54, 1.807) is 4.90 Å². The Kier molecular flexibility index (Phi) is 5.60. The lowest BCUT2D eigenvalue weighted by atomic mass is 10.1. The lowest BCUT2D eigenvalue weighted by Gasteiger charge is -2.32. The van der Waals surface area contributed by atoms with Crippen molar-refractivity contribution in [3.8, 4) is 0 Å². The van der Waals surface area contributed by atoms with E-state index in [4.69, 9.17) is 0 Å². The molecule has 1 heterocycles. The summed E-state index contributed by atoms with van der Waals surface area (Å²) in [6.07, 6.45) is 3.95. The van der Waals surface area contributed by atoms with E-state index in [2.05, 4.69) is 17.1 Å². The van der Waals surface area contributed by atoms with E-state index in [0.717, 1.165) is 13.1 Å². The third-order valence-corrected chi connectivity index (χ3v) is 3.38. The average molecular weight is 227 g/mol. The van der Waals surface area contributed by atoms with Gasteiger partial charge in [0.05, 0.1) is 0 Å². The molecular weight excluding hydrogens is 202 g/mol. The first-order chi connectivity index (χ1) is 7.65. The van der Waals surface area contributed by atoms with Crippen LogP contribution < -0.4 is 5.32 Å². The Morgan fingerprint density at radius 3 is 2.56 bits per heavy atom. The molecule has 1 aliphatic heterocycles. The van der Waals surface area contributed by atoms with Crippen molar-refractivity contribution in [3.63, 3.8) is 0 Å². The molecule has 1 N–H and O–H groups in total. The fraction of sp³-hybridized carbons (Fsp3) is 0.917. The Bertz CT molecular complexity index is 214. The molecule has 0 aromatic rings. The predicted octanol–water partition coefficient (Wildman–Crippen LogP) is 1.52. The second-order valence-corrected chi connectivity index (χ2v) is 4.65. The van der Waals surface area contributed by atoms with E-state index >= 15 is 0 Å². The summed E-state index contributed by atoms with van der Waals surface area (Å²) in [5, 5.41) is 2.98. The Hall–Kier alpha value is -0.770. The van der Waals surface area contributed by atoms with Crippen LogP contribution in [0.2, 0.25) is 0 Å². The lowest BCUT2D eigenvalue weighted by molar-refractivity contribution is 0.166. The molecule has 0 saturated carbocycles. The van der Waals surface area contributed by atoms with Crippen LogP contribution in [0.15, 0.2) is 0 Å². The summed E-state index contributed by atoms with van der Waals surface area (Å²) in [5.74, 6) is 0. The molecule has 2 amide bonds. The molecule has 0 aliphatic carbocycles. The third kappa shape index (κ3) is 4.00. The predicted molar refractivity (Wildman–Crippen MR) is 66.6 cm³/mol. The first-order valence-electron chi connectivity index (χ1n) is 6.38. The van der Waals surface area contributed by atoms with Crippen LogP contribution >= 0.6 is 0 Å². The Labute approximate surface area is 99.0 Å². The van der Waals surface area contributed by atoms with Gasteiger partial charge >= 0.3 is 6.03 Å². The van der Waals surface area contributed by atoms with E-state index in [1.165, 1.54) is 32.4 Å². The molecule has 1 atom stereocenters. The van der Waals surface area contributed by atoms with Crippen molar-refractivity contribution in [2.45, 2.75) is 39.2 Å². The number of nitrogens with zero attached hydrogens (tertiary/aromatic N) is 2. The highest BCUT2D eigenvalue weighted by Crippen LogP contribution is 2.11. The largest absolute Gasteiger partial charge is 0.336 e. The highest BCUT2D eigenvalue weighted by molar-refractivity contribution is 5.73. The Balaban J connectivity index is 2.23. The maximum Gasteiger partial charge on any atom is 0.317 e. The summed E-state index contributed by atoms with van der Waals surface area (Å²) < 4.78 is 0. The van der Waals surface area contributed by atoms with Crippen molar-refractivity contribution in [1.29, 1.82) is 0 Å². The van der Waals surface area contributed by atoms with Gasteiger partial charge in [-0.25, -0.2) is 4.79 Å². The number of likely N-dealkylation sites (tertiary alicyclic amines) is 1. The van der Waals surface area contributed by atoms with E-state index < -0.39 is 0 Å². The van der Waals surface area contributed by atoms with Crippen molar-refractivity contribution in [3.05, 3.63) is 0 Å². The van der Waals surface area contributed by atoms with Gasteiger partial charge in [-0.2, -0.15) is 0 Å². The summed E-state index contributed by atoms with van der Waals surface area (Å²) in [5.41, 5.74) is 0. The molecule has 1 rings (SSSR count). The number of carbonyl (C=O) groups excluding carboxylic acids is 1. The molecule has 0 radical (unpaired) electrons. The van der Waals surface area contributed by atoms with Crippen molar-refractivity contribution >= 4 is 6.03 Å². The molecule has 1 unspecified atom stereocenters. The van der Waals surface area contributed by atoms with Crippen molar-refractivity contribution in [2.75, 3.05) is 33.2 Å². The monoisotopic (exact) mass is 227 g/mol. The second kappa shape index (κ2) is 6.74. The van der Waals surface area contributed by atoms with E-state index in [9.17, 15) is 4.79 Å². The summed E-state index contributed by atoms with van der Waals surface area (Å²) in [6.45, 7) is 8.04. The fourth-order valence-corrected chi connectivity index (χ4v) is 2.00. The highest BCUT2D eigenvalue weighted by Gasteiger charge is 2.17. The van der Waals surface area contributed by atoms with Gasteiger partial charge in [-0.1, -0.05) is 6.42 Å². The normalized spacial score (nSPS) is 19.2. The van der Waals surface area contributed by atoms with E-state index in [0.29, 0.717) is 6.04 Å². The topological polar surface area (TPSA) is 35.6 Å². The number of piperidine rings is 1. The molecule has 0 aromatic heterocycles. The van der Waals surface area contributed by atoms with Gasteiger partial charge in [0.1, 0.15) is 0 Å². The minimum absolute atomic E-state index is 0.0337. The van der Waals surface area contributed by atoms with Gasteiger partial charge in [-0.05, 0) is 39.8 Å². The van der Waals surface area contributed by atoms with E-state index in [1.807, 2.05) is 14.0 Å². The minimum Gasteiger partial charge on any atom is -0.336 e. The highest BCUT2D eigenvalue weighted by atomic mass is 16.2. The molecule has 4 heteroatoms. The number of urea groups is 1. The van der Waals surface area contributed by atoms with Gasteiger partial charge < -0.3 is 10.2 Å². The Morgan fingerprint density at radius 1 is 1.38 bits per heavy atom. The van der Waals surface area contributed by atoms with Crippen LogP contribution in [0.25, 0.3) is 0 Å². The third-order valence-electron chi connectivity index (χ3n) is 3.38. The molecule has 0 spiro atoms. The molecule has 1 aliphatic rings. The van der Waals surface area contributed by atoms with Gasteiger partial charge in [0.2, 0.25) is 0 Å². The molecule has 4 nitrogen and oxygen atoms in total. The summed E-state index contributed by atoms with van der Waals surface area (Å²) in [6, 6.07) is 0.487. The number of hydrogen-bond acceptors (Lipinski definition) is 2. The van der Waals surface area contributed by atoms with Crippen LogP contribution in [-0.4, -0.2) is 55.1 Å². The minimum atomic E-state index is 0.0337. The zero-order chi connectivity index (χ0) is 12.0. The lowest BCUT2D eigenvalue weighted by Crippen LogP contribution is -2.47. The van der Waals surface area contributed by atoms with Crippen LogP contribution in [0, 0.1) is 0 Å². The molecule has 0 bridgehead atoms. The van der Waals surface area contributed by atoms with Crippen molar-refractivity contribution in [1.82, 2.24) is 15.1 Å². The van der Waals surface area contributed by atoms with Gasteiger partial charge in [0.15, 0.2) is 0 Å². The molecule has 0 aromatic carbocycles. The van der Waals surface area contributed by atoms with Gasteiger partial charge in [-0.3, -0.25) is 4.90 Å². The van der Waals surface area contributed by atoms with Gasteiger partial charge in [-0.15, -0.1) is 0 Å². The maximum absolute atomic E-state index is 11.6. The molecule has 94 valence electrons. The zero-order valence-electron chi connectivity index (χ0n) is 10.8. The van der Waals surface area contributed by atoms with Crippen molar-refractivity contribution < 1.29 is 4.79 Å². The number of carbonyl (C=O) groups is 1. The van der Waals surface area contributed by atoms with Gasteiger partial charge in [0, 0.05) is 26.2 Å². The number of amides is 2. The van der Waals surface area contributed by atoms with Crippen LogP contribution in [0.3, 0.4) is 0 Å². The molecule has 1 fully saturated rings. The average Bonchev–Trinajstić information content (AvgIpc) is 2.35.